The third-order valence-corrected chi connectivity index (χ3v) is 1.54. The van der Waals surface area contributed by atoms with Gasteiger partial charge in [0.2, 0.25) is 0 Å². The molecule has 70 valence electrons. The second-order valence-electron chi connectivity index (χ2n) is 2.43. The van der Waals surface area contributed by atoms with Crippen molar-refractivity contribution in [2.75, 3.05) is 6.61 Å². The molecule has 2 N–H and O–H groups in total. The van der Waals surface area contributed by atoms with Crippen molar-refractivity contribution in [3.63, 3.8) is 0 Å². The van der Waals surface area contributed by atoms with E-state index >= 15 is 0 Å². The van der Waals surface area contributed by atoms with Crippen LogP contribution in [0.3, 0.4) is 0 Å². The Hall–Kier alpha value is -1.71. The number of phenols is 2. The summed E-state index contributed by atoms with van der Waals surface area (Å²) in [6.07, 6.45) is 0.463. The fourth-order valence-corrected chi connectivity index (χ4v) is 0.939. The Kier molecular flexibility index (Phi) is 2.74. The molecule has 0 atom stereocenters. The minimum atomic E-state index is -0.198. The minimum Gasteiger partial charge on any atom is -0.507 e. The number of hydrogen-bond acceptors (Lipinski definition) is 4. The average Bonchev–Trinajstić information content (AvgIpc) is 2.11. The van der Waals surface area contributed by atoms with E-state index in [-0.39, 0.29) is 22.8 Å². The van der Waals surface area contributed by atoms with Crippen molar-refractivity contribution in [3.8, 4) is 17.2 Å². The van der Waals surface area contributed by atoms with Gasteiger partial charge in [-0.2, -0.15) is 0 Å². The van der Waals surface area contributed by atoms with Gasteiger partial charge in [0.05, 0.1) is 12.2 Å². The van der Waals surface area contributed by atoms with Crippen LogP contribution in [0.1, 0.15) is 17.3 Å². The topological polar surface area (TPSA) is 66.8 Å². The molecule has 0 spiro atoms. The summed E-state index contributed by atoms with van der Waals surface area (Å²) in [7, 11) is 0. The van der Waals surface area contributed by atoms with E-state index in [9.17, 15) is 15.0 Å². The molecule has 0 unspecified atom stereocenters. The Morgan fingerprint density at radius 1 is 1.38 bits per heavy atom. The number of carbonyl (C=O) groups is 1. The number of benzene rings is 1. The molecule has 0 aliphatic rings. The van der Waals surface area contributed by atoms with Gasteiger partial charge in [0.15, 0.2) is 17.8 Å². The van der Waals surface area contributed by atoms with Gasteiger partial charge in [-0.15, -0.1) is 0 Å². The van der Waals surface area contributed by atoms with Gasteiger partial charge in [0.1, 0.15) is 5.75 Å². The van der Waals surface area contributed by atoms with Crippen LogP contribution in [0.25, 0.3) is 0 Å². The van der Waals surface area contributed by atoms with Crippen LogP contribution in [-0.2, 0) is 0 Å². The van der Waals surface area contributed by atoms with Gasteiger partial charge in [0, 0.05) is 6.07 Å². The van der Waals surface area contributed by atoms with Crippen LogP contribution in [0.5, 0.6) is 17.2 Å². The molecule has 0 fully saturated rings. The van der Waals surface area contributed by atoms with Crippen molar-refractivity contribution in [3.05, 3.63) is 17.7 Å². The summed E-state index contributed by atoms with van der Waals surface area (Å²) < 4.78 is 4.99. The molecule has 0 amide bonds. The lowest BCUT2D eigenvalue weighted by molar-refractivity contribution is 0.112. The highest BCUT2D eigenvalue weighted by Gasteiger charge is 2.08. The Balaban J connectivity index is 3.12. The molecular weight excluding hydrogens is 172 g/mol. The second kappa shape index (κ2) is 3.80. The predicted molar refractivity (Wildman–Crippen MR) is 46.3 cm³/mol. The molecule has 0 saturated carbocycles. The first kappa shape index (κ1) is 9.38. The summed E-state index contributed by atoms with van der Waals surface area (Å²) in [6, 6.07) is 2.37. The lowest BCUT2D eigenvalue weighted by atomic mass is 10.2. The van der Waals surface area contributed by atoms with Gasteiger partial charge >= 0.3 is 0 Å². The van der Waals surface area contributed by atoms with Crippen LogP contribution < -0.4 is 4.74 Å². The maximum atomic E-state index is 10.3. The van der Waals surface area contributed by atoms with E-state index in [4.69, 9.17) is 4.74 Å². The van der Waals surface area contributed by atoms with Gasteiger partial charge in [-0.1, -0.05) is 0 Å². The standard InChI is InChI=1S/C9H10O4/c1-2-13-9-4-7(11)6(5-10)3-8(9)12/h3-5,11-12H,2H2,1H3. The second-order valence-corrected chi connectivity index (χ2v) is 2.43. The highest BCUT2D eigenvalue weighted by atomic mass is 16.5. The monoisotopic (exact) mass is 182 g/mol. The fraction of sp³-hybridized carbons (Fsp3) is 0.222. The maximum absolute atomic E-state index is 10.3. The molecule has 1 aromatic carbocycles. The lowest BCUT2D eigenvalue weighted by Crippen LogP contribution is -1.92. The Bertz CT molecular complexity index is 320. The van der Waals surface area contributed by atoms with Crippen LogP contribution in [0.2, 0.25) is 0 Å². The first-order valence-electron chi connectivity index (χ1n) is 3.83. The number of aldehydes is 1. The van der Waals surface area contributed by atoms with Crippen molar-refractivity contribution >= 4 is 6.29 Å². The van der Waals surface area contributed by atoms with Crippen LogP contribution in [0, 0.1) is 0 Å². The van der Waals surface area contributed by atoms with E-state index in [2.05, 4.69) is 0 Å². The molecule has 4 heteroatoms. The maximum Gasteiger partial charge on any atom is 0.164 e. The first-order chi connectivity index (χ1) is 6.19. The third kappa shape index (κ3) is 1.90. The quantitative estimate of drug-likeness (QED) is 0.546. The first-order valence-corrected chi connectivity index (χ1v) is 3.83. The zero-order valence-corrected chi connectivity index (χ0v) is 7.15. The normalized spacial score (nSPS) is 9.62. The molecule has 0 saturated heterocycles. The molecule has 0 aromatic heterocycles. The summed E-state index contributed by atoms with van der Waals surface area (Å²) in [6.45, 7) is 2.14. The smallest absolute Gasteiger partial charge is 0.164 e. The highest BCUT2D eigenvalue weighted by molar-refractivity contribution is 5.80. The van der Waals surface area contributed by atoms with Gasteiger partial charge in [-0.25, -0.2) is 0 Å². The number of ether oxygens (including phenoxy) is 1. The van der Waals surface area contributed by atoms with Crippen molar-refractivity contribution in [1.29, 1.82) is 0 Å². The molecule has 0 bridgehead atoms. The van der Waals surface area contributed by atoms with Crippen molar-refractivity contribution in [2.45, 2.75) is 6.92 Å². The molecule has 4 nitrogen and oxygen atoms in total. The largest absolute Gasteiger partial charge is 0.507 e. The van der Waals surface area contributed by atoms with Gasteiger partial charge in [-0.3, -0.25) is 4.79 Å². The molecule has 13 heavy (non-hydrogen) atoms. The van der Waals surface area contributed by atoms with E-state index in [0.717, 1.165) is 6.07 Å². The van der Waals surface area contributed by atoms with Crippen LogP contribution in [-0.4, -0.2) is 23.1 Å². The van der Waals surface area contributed by atoms with Crippen LogP contribution >= 0.6 is 0 Å². The number of carbonyl (C=O) groups excluding carboxylic acids is 1. The molecular formula is C9H10O4. The number of aromatic hydroxyl groups is 2. The summed E-state index contributed by atoms with van der Waals surface area (Å²) >= 11 is 0. The van der Waals surface area contributed by atoms with Crippen molar-refractivity contribution in [2.24, 2.45) is 0 Å². The van der Waals surface area contributed by atoms with Gasteiger partial charge in [0.25, 0.3) is 0 Å². The summed E-state index contributed by atoms with van der Waals surface area (Å²) in [5.74, 6) is -0.177. The molecule has 0 heterocycles. The number of rotatable bonds is 3. The Labute approximate surface area is 75.4 Å². The lowest BCUT2D eigenvalue weighted by Gasteiger charge is -2.06. The number of hydrogen-bond donors (Lipinski definition) is 2. The zero-order valence-electron chi connectivity index (χ0n) is 7.15. The van der Waals surface area contributed by atoms with E-state index in [1.807, 2.05) is 0 Å². The zero-order chi connectivity index (χ0) is 9.84. The summed E-state index contributed by atoms with van der Waals surface area (Å²) in [5, 5.41) is 18.5. The van der Waals surface area contributed by atoms with Crippen molar-refractivity contribution < 1.29 is 19.7 Å². The predicted octanol–water partition coefficient (Wildman–Crippen LogP) is 1.31. The highest BCUT2D eigenvalue weighted by Crippen LogP contribution is 2.32. The summed E-state index contributed by atoms with van der Waals surface area (Å²) in [5.41, 5.74) is 0.0425. The average molecular weight is 182 g/mol. The van der Waals surface area contributed by atoms with Gasteiger partial charge in [-0.05, 0) is 13.0 Å². The van der Waals surface area contributed by atoms with Crippen LogP contribution in [0.15, 0.2) is 12.1 Å². The molecule has 0 aliphatic carbocycles. The Morgan fingerprint density at radius 3 is 2.62 bits per heavy atom. The van der Waals surface area contributed by atoms with E-state index < -0.39 is 0 Å². The molecule has 0 aliphatic heterocycles. The molecule has 1 aromatic rings. The third-order valence-electron chi connectivity index (χ3n) is 1.54. The van der Waals surface area contributed by atoms with E-state index in [0.29, 0.717) is 12.9 Å². The SMILES string of the molecule is CCOc1cc(O)c(C=O)cc1O. The molecule has 0 radical (unpaired) electrons. The minimum absolute atomic E-state index is 0.0425. The van der Waals surface area contributed by atoms with Crippen molar-refractivity contribution in [1.82, 2.24) is 0 Å². The fourth-order valence-electron chi connectivity index (χ4n) is 0.939. The van der Waals surface area contributed by atoms with E-state index in [1.165, 1.54) is 6.07 Å². The van der Waals surface area contributed by atoms with E-state index in [1.54, 1.807) is 6.92 Å². The Morgan fingerprint density at radius 2 is 2.08 bits per heavy atom. The summed E-state index contributed by atoms with van der Waals surface area (Å²) in [4.78, 5) is 10.3. The molecule has 1 rings (SSSR count). The van der Waals surface area contributed by atoms with Gasteiger partial charge < -0.3 is 14.9 Å². The number of phenolic OH excluding ortho intramolecular Hbond substituents is 2. The van der Waals surface area contributed by atoms with Crippen LogP contribution in [0.4, 0.5) is 0 Å².